The Bertz CT molecular complexity index is 113. The zero-order valence-corrected chi connectivity index (χ0v) is 8.10. The first-order chi connectivity index (χ1) is 5.88. The first-order valence-corrected chi connectivity index (χ1v) is 4.75. The lowest BCUT2D eigenvalue weighted by molar-refractivity contribution is 0.174. The van der Waals surface area contributed by atoms with Gasteiger partial charge in [0.25, 0.3) is 0 Å². The van der Waals surface area contributed by atoms with Gasteiger partial charge in [-0.15, -0.1) is 0 Å². The molecule has 0 amide bonds. The molecule has 0 spiro atoms. The molecule has 0 bridgehead atoms. The van der Waals surface area contributed by atoms with Crippen molar-refractivity contribution in [2.45, 2.75) is 18.9 Å². The standard InChI is InChI=1S/C9H20N2O/c1-10-9(4-6-12-2)8-3-5-11-7-8/h8-11H,3-7H2,1-2H3. The van der Waals surface area contributed by atoms with Crippen LogP contribution in [0, 0.1) is 5.92 Å². The van der Waals surface area contributed by atoms with Gasteiger partial charge < -0.3 is 15.4 Å². The van der Waals surface area contributed by atoms with Gasteiger partial charge in [-0.05, 0) is 38.9 Å². The van der Waals surface area contributed by atoms with E-state index in [9.17, 15) is 0 Å². The van der Waals surface area contributed by atoms with E-state index in [-0.39, 0.29) is 0 Å². The van der Waals surface area contributed by atoms with Crippen LogP contribution in [0.4, 0.5) is 0 Å². The van der Waals surface area contributed by atoms with Crippen LogP contribution in [0.2, 0.25) is 0 Å². The van der Waals surface area contributed by atoms with E-state index in [0.717, 1.165) is 25.5 Å². The zero-order chi connectivity index (χ0) is 8.81. The van der Waals surface area contributed by atoms with Crippen molar-refractivity contribution in [3.8, 4) is 0 Å². The number of nitrogens with one attached hydrogen (secondary N) is 2. The van der Waals surface area contributed by atoms with Crippen LogP contribution in [0.5, 0.6) is 0 Å². The van der Waals surface area contributed by atoms with E-state index in [1.165, 1.54) is 13.0 Å². The Morgan fingerprint density at radius 3 is 3.00 bits per heavy atom. The van der Waals surface area contributed by atoms with Crippen molar-refractivity contribution in [2.75, 3.05) is 33.9 Å². The fourth-order valence-electron chi connectivity index (χ4n) is 1.88. The largest absolute Gasteiger partial charge is 0.385 e. The molecule has 0 aromatic rings. The average Bonchev–Trinajstić information content (AvgIpc) is 2.59. The molecule has 1 heterocycles. The molecule has 12 heavy (non-hydrogen) atoms. The van der Waals surface area contributed by atoms with Gasteiger partial charge in [-0.25, -0.2) is 0 Å². The van der Waals surface area contributed by atoms with Crippen LogP contribution in [0.1, 0.15) is 12.8 Å². The Labute approximate surface area is 74.9 Å². The van der Waals surface area contributed by atoms with Gasteiger partial charge in [0.2, 0.25) is 0 Å². The maximum absolute atomic E-state index is 5.07. The van der Waals surface area contributed by atoms with Crippen LogP contribution < -0.4 is 10.6 Å². The molecule has 1 aliphatic rings. The van der Waals surface area contributed by atoms with Crippen molar-refractivity contribution in [1.29, 1.82) is 0 Å². The van der Waals surface area contributed by atoms with E-state index in [0.29, 0.717) is 6.04 Å². The molecular formula is C9H20N2O. The minimum Gasteiger partial charge on any atom is -0.385 e. The normalized spacial score (nSPS) is 26.0. The average molecular weight is 172 g/mol. The van der Waals surface area contributed by atoms with Crippen LogP contribution >= 0.6 is 0 Å². The number of ether oxygens (including phenoxy) is 1. The maximum atomic E-state index is 5.07. The molecule has 3 heteroatoms. The molecule has 0 radical (unpaired) electrons. The molecule has 1 aliphatic heterocycles. The topological polar surface area (TPSA) is 33.3 Å². The van der Waals surface area contributed by atoms with Crippen LogP contribution in [-0.4, -0.2) is 39.9 Å². The summed E-state index contributed by atoms with van der Waals surface area (Å²) in [4.78, 5) is 0. The van der Waals surface area contributed by atoms with Gasteiger partial charge in [0, 0.05) is 19.8 Å². The van der Waals surface area contributed by atoms with Crippen molar-refractivity contribution >= 4 is 0 Å². The van der Waals surface area contributed by atoms with E-state index >= 15 is 0 Å². The monoisotopic (exact) mass is 172 g/mol. The highest BCUT2D eigenvalue weighted by molar-refractivity contribution is 4.81. The Morgan fingerprint density at radius 1 is 1.67 bits per heavy atom. The Balaban J connectivity index is 2.22. The van der Waals surface area contributed by atoms with Crippen LogP contribution in [0.3, 0.4) is 0 Å². The predicted octanol–water partition coefficient (Wildman–Crippen LogP) is 0.220. The van der Waals surface area contributed by atoms with Crippen molar-refractivity contribution in [2.24, 2.45) is 5.92 Å². The van der Waals surface area contributed by atoms with Gasteiger partial charge in [0.1, 0.15) is 0 Å². The van der Waals surface area contributed by atoms with E-state index < -0.39 is 0 Å². The molecule has 72 valence electrons. The summed E-state index contributed by atoms with van der Waals surface area (Å²) in [7, 11) is 3.80. The minimum absolute atomic E-state index is 0.625. The molecule has 1 saturated heterocycles. The Morgan fingerprint density at radius 2 is 2.50 bits per heavy atom. The summed E-state index contributed by atoms with van der Waals surface area (Å²) in [6, 6.07) is 0.625. The van der Waals surface area contributed by atoms with Crippen molar-refractivity contribution in [3.05, 3.63) is 0 Å². The fraction of sp³-hybridized carbons (Fsp3) is 1.00. The van der Waals surface area contributed by atoms with Gasteiger partial charge in [0.15, 0.2) is 0 Å². The van der Waals surface area contributed by atoms with E-state index in [4.69, 9.17) is 4.74 Å². The summed E-state index contributed by atoms with van der Waals surface area (Å²) in [5.41, 5.74) is 0. The van der Waals surface area contributed by atoms with E-state index in [1.807, 2.05) is 7.05 Å². The highest BCUT2D eigenvalue weighted by Gasteiger charge is 2.22. The van der Waals surface area contributed by atoms with Crippen molar-refractivity contribution in [1.82, 2.24) is 10.6 Å². The predicted molar refractivity (Wildman–Crippen MR) is 50.3 cm³/mol. The minimum atomic E-state index is 0.625. The Hall–Kier alpha value is -0.120. The summed E-state index contributed by atoms with van der Waals surface area (Å²) < 4.78 is 5.07. The molecular weight excluding hydrogens is 152 g/mol. The smallest absolute Gasteiger partial charge is 0.0477 e. The number of hydrogen-bond donors (Lipinski definition) is 2. The first kappa shape index (κ1) is 9.96. The third-order valence-corrected chi connectivity index (χ3v) is 2.67. The summed E-state index contributed by atoms with van der Waals surface area (Å²) in [6.45, 7) is 3.20. The van der Waals surface area contributed by atoms with Crippen LogP contribution in [0.25, 0.3) is 0 Å². The lowest BCUT2D eigenvalue weighted by Gasteiger charge is -2.21. The molecule has 2 unspecified atom stereocenters. The molecule has 0 aliphatic carbocycles. The first-order valence-electron chi connectivity index (χ1n) is 4.75. The zero-order valence-electron chi connectivity index (χ0n) is 8.10. The van der Waals surface area contributed by atoms with Gasteiger partial charge >= 0.3 is 0 Å². The summed E-state index contributed by atoms with van der Waals surface area (Å²) >= 11 is 0. The lowest BCUT2D eigenvalue weighted by atomic mass is 9.97. The van der Waals surface area contributed by atoms with Gasteiger partial charge in [-0.1, -0.05) is 0 Å². The van der Waals surface area contributed by atoms with E-state index in [2.05, 4.69) is 10.6 Å². The lowest BCUT2D eigenvalue weighted by Crippen LogP contribution is -2.35. The maximum Gasteiger partial charge on any atom is 0.0477 e. The third kappa shape index (κ3) is 2.73. The molecule has 2 atom stereocenters. The summed E-state index contributed by atoms with van der Waals surface area (Å²) in [5.74, 6) is 0.796. The SMILES string of the molecule is CNC(CCOC)C1CCNC1. The van der Waals surface area contributed by atoms with Crippen LogP contribution in [0.15, 0.2) is 0 Å². The number of hydrogen-bond acceptors (Lipinski definition) is 3. The van der Waals surface area contributed by atoms with Crippen LogP contribution in [-0.2, 0) is 4.74 Å². The molecule has 2 N–H and O–H groups in total. The van der Waals surface area contributed by atoms with Gasteiger partial charge in [-0.2, -0.15) is 0 Å². The third-order valence-electron chi connectivity index (χ3n) is 2.67. The molecule has 0 aromatic carbocycles. The van der Waals surface area contributed by atoms with Gasteiger partial charge in [-0.3, -0.25) is 0 Å². The molecule has 1 fully saturated rings. The number of methoxy groups -OCH3 is 1. The second kappa shape index (κ2) is 5.51. The van der Waals surface area contributed by atoms with Crippen molar-refractivity contribution < 1.29 is 4.74 Å². The second-order valence-corrected chi connectivity index (χ2v) is 3.43. The molecule has 3 nitrogen and oxygen atoms in total. The molecule has 1 rings (SSSR count). The quantitative estimate of drug-likeness (QED) is 0.622. The molecule has 0 aromatic heterocycles. The number of rotatable bonds is 5. The van der Waals surface area contributed by atoms with E-state index in [1.54, 1.807) is 7.11 Å². The Kier molecular flexibility index (Phi) is 4.58. The van der Waals surface area contributed by atoms with Gasteiger partial charge in [0.05, 0.1) is 0 Å². The fourth-order valence-corrected chi connectivity index (χ4v) is 1.88. The molecule has 0 saturated carbocycles. The highest BCUT2D eigenvalue weighted by Crippen LogP contribution is 2.14. The summed E-state index contributed by atoms with van der Waals surface area (Å²) in [5, 5.41) is 6.74. The highest BCUT2D eigenvalue weighted by atomic mass is 16.5. The second-order valence-electron chi connectivity index (χ2n) is 3.43. The van der Waals surface area contributed by atoms with Crippen molar-refractivity contribution in [3.63, 3.8) is 0 Å². The summed E-state index contributed by atoms with van der Waals surface area (Å²) in [6.07, 6.45) is 2.43.